The predicted molar refractivity (Wildman–Crippen MR) is 45.9 cm³/mol. The van der Waals surface area contributed by atoms with Crippen LogP contribution in [0.3, 0.4) is 0 Å². The summed E-state index contributed by atoms with van der Waals surface area (Å²) in [7, 11) is -4.50. The third-order valence-electron chi connectivity index (χ3n) is 2.05. The lowest BCUT2D eigenvalue weighted by atomic mass is 9.99. The Hall–Kier alpha value is -0.250. The molecule has 0 aliphatic carbocycles. The quantitative estimate of drug-likeness (QED) is 0.408. The van der Waals surface area contributed by atoms with E-state index in [1.807, 2.05) is 0 Å². The lowest BCUT2D eigenvalue weighted by Gasteiger charge is -2.32. The third kappa shape index (κ3) is 3.48. The number of aliphatic hydroxyl groups is 2. The molecule has 0 radical (unpaired) electrons. The topological polar surface area (TPSA) is 116 Å². The van der Waals surface area contributed by atoms with Gasteiger partial charge in [0.25, 0.3) is 0 Å². The summed E-state index contributed by atoms with van der Waals surface area (Å²) in [6, 6.07) is -0.694. The van der Waals surface area contributed by atoms with E-state index < -0.39 is 35.3 Å². The van der Waals surface area contributed by atoms with E-state index in [1.54, 1.807) is 0 Å². The molecule has 0 bridgehead atoms. The Balaban J connectivity index is 2.44. The highest BCUT2D eigenvalue weighted by molar-refractivity contribution is 7.80. The molecule has 1 saturated heterocycles. The van der Waals surface area contributed by atoms with Crippen LogP contribution in [0.15, 0.2) is 0 Å². The highest BCUT2D eigenvalue weighted by atomic mass is 32.3. The van der Waals surface area contributed by atoms with E-state index in [9.17, 15) is 18.6 Å². The fourth-order valence-electron chi connectivity index (χ4n) is 1.29. The van der Waals surface area contributed by atoms with E-state index in [1.165, 1.54) is 0 Å². The van der Waals surface area contributed by atoms with Gasteiger partial charge in [0.05, 0.1) is 24.9 Å². The zero-order valence-electron chi connectivity index (χ0n) is 7.33. The van der Waals surface area contributed by atoms with Gasteiger partial charge in [-0.1, -0.05) is 0 Å². The normalized spacial score (nSPS) is 34.4. The van der Waals surface area contributed by atoms with E-state index in [-0.39, 0.29) is 0 Å². The molecule has 1 aliphatic heterocycles. The van der Waals surface area contributed by atoms with Crippen LogP contribution in [0.2, 0.25) is 0 Å². The van der Waals surface area contributed by atoms with Crippen LogP contribution in [-0.2, 0) is 14.6 Å². The van der Waals surface area contributed by atoms with Crippen LogP contribution in [0.1, 0.15) is 6.42 Å². The second-order valence-electron chi connectivity index (χ2n) is 3.12. The van der Waals surface area contributed by atoms with Crippen molar-refractivity contribution in [3.63, 3.8) is 0 Å². The van der Waals surface area contributed by atoms with E-state index in [4.69, 9.17) is 4.55 Å². The summed E-state index contributed by atoms with van der Waals surface area (Å²) in [5.74, 6) is 0. The minimum atomic E-state index is -4.50. The Morgan fingerprint density at radius 3 is 2.64 bits per heavy atom. The molecule has 0 spiro atoms. The predicted octanol–water partition coefficient (Wildman–Crippen LogP) is -2.11. The van der Waals surface area contributed by atoms with Gasteiger partial charge in [0.15, 0.2) is 0 Å². The second-order valence-corrected chi connectivity index (χ2v) is 4.21. The van der Waals surface area contributed by atoms with E-state index >= 15 is 0 Å². The summed E-state index contributed by atoms with van der Waals surface area (Å²) in [5, 5.41) is 21.3. The van der Waals surface area contributed by atoms with Crippen molar-refractivity contribution in [3.05, 3.63) is 0 Å². The zero-order chi connectivity index (χ0) is 10.8. The summed E-state index contributed by atoms with van der Waals surface area (Å²) in [4.78, 5) is 0. The van der Waals surface area contributed by atoms with Crippen molar-refractivity contribution < 1.29 is 27.4 Å². The first kappa shape index (κ1) is 11.8. The molecule has 0 saturated carbocycles. The molecular weight excluding hydrogens is 214 g/mol. The van der Waals surface area contributed by atoms with E-state index in [0.29, 0.717) is 13.0 Å². The molecule has 1 rings (SSSR count). The first-order valence-corrected chi connectivity index (χ1v) is 5.48. The molecule has 7 nitrogen and oxygen atoms in total. The average molecular weight is 227 g/mol. The minimum Gasteiger partial charge on any atom is -0.390 e. The largest absolute Gasteiger partial charge is 0.397 e. The van der Waals surface area contributed by atoms with Crippen LogP contribution in [0.5, 0.6) is 0 Å². The van der Waals surface area contributed by atoms with Gasteiger partial charge >= 0.3 is 10.4 Å². The van der Waals surface area contributed by atoms with E-state index in [2.05, 4.69) is 9.50 Å². The number of hydrogen-bond donors (Lipinski definition) is 4. The zero-order valence-corrected chi connectivity index (χ0v) is 8.14. The maximum absolute atomic E-state index is 10.2. The van der Waals surface area contributed by atoms with Crippen LogP contribution in [0, 0.1) is 0 Å². The number of nitrogens with one attached hydrogen (secondary N) is 1. The molecule has 0 unspecified atom stereocenters. The van der Waals surface area contributed by atoms with Gasteiger partial charge in [-0.2, -0.15) is 8.42 Å². The highest BCUT2D eigenvalue weighted by Gasteiger charge is 2.31. The van der Waals surface area contributed by atoms with Crippen LogP contribution in [-0.4, -0.2) is 54.6 Å². The third-order valence-corrected chi connectivity index (χ3v) is 2.48. The van der Waals surface area contributed by atoms with Crippen molar-refractivity contribution in [1.29, 1.82) is 0 Å². The molecule has 1 heterocycles. The van der Waals surface area contributed by atoms with Gasteiger partial charge in [0.1, 0.15) is 0 Å². The Bertz CT molecular complexity index is 278. The van der Waals surface area contributed by atoms with Crippen molar-refractivity contribution in [3.8, 4) is 0 Å². The Morgan fingerprint density at radius 1 is 1.43 bits per heavy atom. The van der Waals surface area contributed by atoms with E-state index in [0.717, 1.165) is 0 Å². The number of hydrogen-bond acceptors (Lipinski definition) is 6. The van der Waals surface area contributed by atoms with Gasteiger partial charge in [-0.25, -0.2) is 4.18 Å². The lowest BCUT2D eigenvalue weighted by molar-refractivity contribution is -0.0360. The fraction of sp³-hybridized carbons (Fsp3) is 1.00. The highest BCUT2D eigenvalue weighted by Crippen LogP contribution is 2.10. The van der Waals surface area contributed by atoms with Crippen LogP contribution >= 0.6 is 0 Å². The van der Waals surface area contributed by atoms with Gasteiger partial charge in [-0.3, -0.25) is 4.55 Å². The van der Waals surface area contributed by atoms with Gasteiger partial charge < -0.3 is 15.5 Å². The summed E-state index contributed by atoms with van der Waals surface area (Å²) >= 11 is 0. The number of piperidine rings is 1. The van der Waals surface area contributed by atoms with Crippen LogP contribution in [0.4, 0.5) is 0 Å². The smallest absolute Gasteiger partial charge is 0.390 e. The SMILES string of the molecule is O=S(=O)(O)OC[C@H]1NCC[C@@H](O)[C@@H]1O. The van der Waals surface area contributed by atoms with Crippen molar-refractivity contribution in [2.75, 3.05) is 13.2 Å². The summed E-state index contributed by atoms with van der Waals surface area (Å²) in [6.07, 6.45) is -1.60. The summed E-state index contributed by atoms with van der Waals surface area (Å²) in [5.41, 5.74) is 0. The van der Waals surface area contributed by atoms with Gasteiger partial charge in [0, 0.05) is 0 Å². The Labute approximate surface area is 81.6 Å². The molecular formula is C6H13NO6S. The molecule has 0 amide bonds. The van der Waals surface area contributed by atoms with Gasteiger partial charge in [-0.15, -0.1) is 0 Å². The number of rotatable bonds is 3. The minimum absolute atomic E-state index is 0.392. The number of aliphatic hydroxyl groups excluding tert-OH is 2. The van der Waals surface area contributed by atoms with Crippen LogP contribution < -0.4 is 5.32 Å². The molecule has 1 aliphatic rings. The fourth-order valence-corrected chi connectivity index (χ4v) is 1.61. The second kappa shape index (κ2) is 4.51. The molecule has 0 aromatic rings. The summed E-state index contributed by atoms with van der Waals surface area (Å²) < 4.78 is 32.8. The first-order chi connectivity index (χ1) is 6.40. The molecule has 84 valence electrons. The average Bonchev–Trinajstić information content (AvgIpc) is 2.06. The van der Waals surface area contributed by atoms with Crippen molar-refractivity contribution in [2.45, 2.75) is 24.7 Å². The standard InChI is InChI=1S/C6H13NO6S/c8-5-1-2-7-4(6(5)9)3-13-14(10,11)12/h4-9H,1-3H2,(H,10,11,12)/t4-,5-,6-/m1/s1. The molecule has 4 N–H and O–H groups in total. The summed E-state index contributed by atoms with van der Waals surface area (Å²) in [6.45, 7) is 0.0504. The van der Waals surface area contributed by atoms with Crippen molar-refractivity contribution in [1.82, 2.24) is 5.32 Å². The molecule has 3 atom stereocenters. The Morgan fingerprint density at radius 2 is 2.07 bits per heavy atom. The molecule has 8 heteroatoms. The van der Waals surface area contributed by atoms with Crippen molar-refractivity contribution >= 4 is 10.4 Å². The van der Waals surface area contributed by atoms with Crippen LogP contribution in [0.25, 0.3) is 0 Å². The van der Waals surface area contributed by atoms with Gasteiger partial charge in [0.2, 0.25) is 0 Å². The molecule has 0 aromatic carbocycles. The maximum atomic E-state index is 10.2. The Kier molecular flexibility index (Phi) is 3.81. The molecule has 1 fully saturated rings. The maximum Gasteiger partial charge on any atom is 0.397 e. The van der Waals surface area contributed by atoms with Gasteiger partial charge in [-0.05, 0) is 13.0 Å². The van der Waals surface area contributed by atoms with Crippen molar-refractivity contribution in [2.24, 2.45) is 0 Å². The monoisotopic (exact) mass is 227 g/mol. The molecule has 14 heavy (non-hydrogen) atoms. The lowest BCUT2D eigenvalue weighted by Crippen LogP contribution is -2.54. The first-order valence-electron chi connectivity index (χ1n) is 4.11. The molecule has 0 aromatic heterocycles.